The number of anilines is 1. The molecule has 0 spiro atoms. The number of para-hydroxylation sites is 2. The summed E-state index contributed by atoms with van der Waals surface area (Å²) in [5.41, 5.74) is -0.567. The van der Waals surface area contributed by atoms with E-state index in [9.17, 15) is 23.3 Å². The zero-order chi connectivity index (χ0) is 15.3. The van der Waals surface area contributed by atoms with Gasteiger partial charge in [-0.05, 0) is 6.07 Å². The molecule has 1 aromatic rings. The Kier molecular flexibility index (Phi) is 5.00. The third-order valence-electron chi connectivity index (χ3n) is 2.39. The second-order valence-corrected chi connectivity index (χ2v) is 5.62. The molecule has 0 radical (unpaired) electrons. The van der Waals surface area contributed by atoms with Gasteiger partial charge in [-0.2, -0.15) is 12.7 Å². The van der Waals surface area contributed by atoms with E-state index in [-0.39, 0.29) is 24.3 Å². The lowest BCUT2D eigenvalue weighted by atomic mass is 10.3. The van der Waals surface area contributed by atoms with Crippen LogP contribution in [0.1, 0.15) is 6.42 Å². The molecule has 0 unspecified atom stereocenters. The van der Waals surface area contributed by atoms with Crippen LogP contribution >= 0.6 is 0 Å². The van der Waals surface area contributed by atoms with Crippen molar-refractivity contribution >= 4 is 27.6 Å². The Morgan fingerprint density at radius 1 is 1.45 bits per heavy atom. The van der Waals surface area contributed by atoms with Crippen molar-refractivity contribution in [1.82, 2.24) is 4.31 Å². The Labute approximate surface area is 115 Å². The van der Waals surface area contributed by atoms with E-state index in [2.05, 4.69) is 4.72 Å². The topological polar surface area (TPSA) is 130 Å². The van der Waals surface area contributed by atoms with Gasteiger partial charge in [0.05, 0.1) is 11.3 Å². The Bertz CT molecular complexity index is 615. The van der Waals surface area contributed by atoms with E-state index in [0.29, 0.717) is 0 Å². The van der Waals surface area contributed by atoms with Crippen molar-refractivity contribution in [3.63, 3.8) is 0 Å². The van der Waals surface area contributed by atoms with Crippen LogP contribution in [0.2, 0.25) is 0 Å². The van der Waals surface area contributed by atoms with Gasteiger partial charge in [0.25, 0.3) is 5.69 Å². The second kappa shape index (κ2) is 6.30. The van der Waals surface area contributed by atoms with Gasteiger partial charge in [-0.1, -0.05) is 12.1 Å². The number of rotatable bonds is 7. The van der Waals surface area contributed by atoms with E-state index in [0.717, 1.165) is 10.4 Å². The molecule has 0 saturated carbocycles. The number of nitrogens with zero attached hydrogens (tertiary/aromatic N) is 2. The first-order valence-electron chi connectivity index (χ1n) is 5.43. The van der Waals surface area contributed by atoms with Crippen molar-refractivity contribution in [3.8, 4) is 0 Å². The van der Waals surface area contributed by atoms with Crippen molar-refractivity contribution in [2.75, 3.05) is 18.3 Å². The lowest BCUT2D eigenvalue weighted by molar-refractivity contribution is -0.383. The molecule has 10 heteroatoms. The molecule has 0 atom stereocenters. The summed E-state index contributed by atoms with van der Waals surface area (Å²) in [6.45, 7) is -0.245. The highest BCUT2D eigenvalue weighted by atomic mass is 32.2. The zero-order valence-electron chi connectivity index (χ0n) is 10.5. The summed E-state index contributed by atoms with van der Waals surface area (Å²) in [5.74, 6) is -1.14. The van der Waals surface area contributed by atoms with Crippen LogP contribution in [-0.4, -0.2) is 42.3 Å². The highest BCUT2D eigenvalue weighted by Gasteiger charge is 2.22. The van der Waals surface area contributed by atoms with Gasteiger partial charge in [-0.3, -0.25) is 19.6 Å². The number of benzene rings is 1. The smallest absolute Gasteiger partial charge is 0.304 e. The van der Waals surface area contributed by atoms with Gasteiger partial charge < -0.3 is 5.11 Å². The number of aliphatic carboxylic acids is 1. The lowest BCUT2D eigenvalue weighted by Crippen LogP contribution is -2.34. The summed E-state index contributed by atoms with van der Waals surface area (Å²) in [4.78, 5) is 20.5. The summed E-state index contributed by atoms with van der Waals surface area (Å²) in [6, 6.07) is 5.27. The van der Waals surface area contributed by atoms with Crippen LogP contribution < -0.4 is 4.72 Å². The molecule has 0 aliphatic heterocycles. The summed E-state index contributed by atoms with van der Waals surface area (Å²) >= 11 is 0. The predicted octanol–water partition coefficient (Wildman–Crippen LogP) is 0.658. The fourth-order valence-electron chi connectivity index (χ4n) is 1.31. The third kappa shape index (κ3) is 4.17. The first-order chi connectivity index (χ1) is 9.24. The first-order valence-corrected chi connectivity index (χ1v) is 6.87. The van der Waals surface area contributed by atoms with E-state index in [4.69, 9.17) is 5.11 Å². The number of carboxylic acids is 1. The number of nitrogens with one attached hydrogen (secondary N) is 1. The molecule has 9 nitrogen and oxygen atoms in total. The standard InChI is InChI=1S/C10H13N3O6S/c1-12(7-6-10(14)15)20(18,19)11-8-4-2-3-5-9(8)13(16)17/h2-5,11H,6-7H2,1H3,(H,14,15). The molecule has 110 valence electrons. The molecule has 0 amide bonds. The number of hydrogen-bond donors (Lipinski definition) is 2. The van der Waals surface area contributed by atoms with E-state index in [1.807, 2.05) is 0 Å². The first kappa shape index (κ1) is 15.9. The van der Waals surface area contributed by atoms with Crippen molar-refractivity contribution in [2.45, 2.75) is 6.42 Å². The molecule has 20 heavy (non-hydrogen) atoms. The van der Waals surface area contributed by atoms with E-state index >= 15 is 0 Å². The van der Waals surface area contributed by atoms with Crippen LogP contribution in [-0.2, 0) is 15.0 Å². The number of carboxylic acid groups (broad SMARTS) is 1. The maximum Gasteiger partial charge on any atom is 0.304 e. The summed E-state index contributed by atoms with van der Waals surface area (Å²) in [7, 11) is -2.87. The van der Waals surface area contributed by atoms with Crippen LogP contribution in [0.3, 0.4) is 0 Å². The highest BCUT2D eigenvalue weighted by molar-refractivity contribution is 7.90. The minimum Gasteiger partial charge on any atom is -0.481 e. The van der Waals surface area contributed by atoms with Crippen molar-refractivity contribution < 1.29 is 23.2 Å². The molecule has 0 aromatic heterocycles. The molecule has 0 fully saturated rings. The average Bonchev–Trinajstić information content (AvgIpc) is 2.35. The average molecular weight is 303 g/mol. The predicted molar refractivity (Wildman–Crippen MR) is 70.5 cm³/mol. The van der Waals surface area contributed by atoms with Gasteiger partial charge in [-0.25, -0.2) is 0 Å². The molecule has 0 heterocycles. The minimum absolute atomic E-state index is 0.181. The zero-order valence-corrected chi connectivity index (χ0v) is 11.3. The fraction of sp³-hybridized carbons (Fsp3) is 0.300. The van der Waals surface area contributed by atoms with Crippen LogP contribution in [0.4, 0.5) is 11.4 Å². The molecule has 0 bridgehead atoms. The van der Waals surface area contributed by atoms with Gasteiger partial charge in [0, 0.05) is 19.7 Å². The molecular formula is C10H13N3O6S. The number of hydrogen-bond acceptors (Lipinski definition) is 5. The lowest BCUT2D eigenvalue weighted by Gasteiger charge is -2.17. The molecule has 2 N–H and O–H groups in total. The number of nitro benzene ring substituents is 1. The molecule has 0 aliphatic carbocycles. The van der Waals surface area contributed by atoms with Crippen LogP contribution in [0, 0.1) is 10.1 Å². The quantitative estimate of drug-likeness (QED) is 0.562. The Hall–Kier alpha value is -2.20. The van der Waals surface area contributed by atoms with E-state index in [1.54, 1.807) is 0 Å². The van der Waals surface area contributed by atoms with E-state index in [1.165, 1.54) is 25.2 Å². The maximum atomic E-state index is 11.9. The number of nitro groups is 1. The van der Waals surface area contributed by atoms with Crippen LogP contribution in [0.15, 0.2) is 24.3 Å². The van der Waals surface area contributed by atoms with Crippen LogP contribution in [0.25, 0.3) is 0 Å². The summed E-state index contributed by atoms with van der Waals surface area (Å²) in [6.07, 6.45) is -0.367. The monoisotopic (exact) mass is 303 g/mol. The second-order valence-electron chi connectivity index (χ2n) is 3.85. The van der Waals surface area contributed by atoms with Crippen molar-refractivity contribution in [2.24, 2.45) is 0 Å². The Balaban J connectivity index is 2.91. The Morgan fingerprint density at radius 2 is 2.05 bits per heavy atom. The Morgan fingerprint density at radius 3 is 2.60 bits per heavy atom. The highest BCUT2D eigenvalue weighted by Crippen LogP contribution is 2.24. The normalized spacial score (nSPS) is 11.3. The SMILES string of the molecule is CN(CCC(=O)O)S(=O)(=O)Nc1ccccc1[N+](=O)[O-]. The van der Waals surface area contributed by atoms with Gasteiger partial charge in [0.1, 0.15) is 5.69 Å². The maximum absolute atomic E-state index is 11.9. The fourth-order valence-corrected chi connectivity index (χ4v) is 2.25. The van der Waals surface area contributed by atoms with Gasteiger partial charge in [0.15, 0.2) is 0 Å². The largest absolute Gasteiger partial charge is 0.481 e. The third-order valence-corrected chi connectivity index (χ3v) is 3.87. The van der Waals surface area contributed by atoms with Crippen LogP contribution in [0.5, 0.6) is 0 Å². The van der Waals surface area contributed by atoms with Crippen molar-refractivity contribution in [3.05, 3.63) is 34.4 Å². The van der Waals surface area contributed by atoms with E-state index < -0.39 is 21.1 Å². The molecule has 0 saturated heterocycles. The summed E-state index contributed by atoms with van der Waals surface area (Å²) < 4.78 is 26.6. The van der Waals surface area contributed by atoms with Gasteiger partial charge in [-0.15, -0.1) is 0 Å². The molecule has 1 aromatic carbocycles. The van der Waals surface area contributed by atoms with Gasteiger partial charge >= 0.3 is 16.2 Å². The molecule has 0 aliphatic rings. The minimum atomic E-state index is -4.05. The molecule has 1 rings (SSSR count). The number of carbonyl (C=O) groups is 1. The van der Waals surface area contributed by atoms with Gasteiger partial charge in [0.2, 0.25) is 0 Å². The summed E-state index contributed by atoms with van der Waals surface area (Å²) in [5, 5.41) is 19.3. The molecular weight excluding hydrogens is 290 g/mol. The van der Waals surface area contributed by atoms with Crippen molar-refractivity contribution in [1.29, 1.82) is 0 Å².